The van der Waals surface area contributed by atoms with Crippen molar-refractivity contribution < 1.29 is 0 Å². The minimum atomic E-state index is 0.726. The Morgan fingerprint density at radius 3 is 2.88 bits per heavy atom. The van der Waals surface area contributed by atoms with E-state index in [-0.39, 0.29) is 0 Å². The summed E-state index contributed by atoms with van der Waals surface area (Å²) in [6.45, 7) is 0.927. The van der Waals surface area contributed by atoms with Gasteiger partial charge in [-0.2, -0.15) is 0 Å². The van der Waals surface area contributed by atoms with Crippen LogP contribution in [0.4, 0.5) is 0 Å². The van der Waals surface area contributed by atoms with Gasteiger partial charge in [0.2, 0.25) is 5.16 Å². The minimum Gasteiger partial charge on any atom is -0.321 e. The molecule has 0 atom stereocenters. The Bertz CT molecular complexity index is 508. The first-order valence-corrected chi connectivity index (χ1v) is 6.29. The van der Waals surface area contributed by atoms with Gasteiger partial charge in [0, 0.05) is 22.9 Å². The first-order valence-electron chi connectivity index (χ1n) is 4.92. The van der Waals surface area contributed by atoms with Crippen molar-refractivity contribution in [2.24, 2.45) is 0 Å². The van der Waals surface area contributed by atoms with Crippen LogP contribution in [0.15, 0.2) is 29.4 Å². The van der Waals surface area contributed by atoms with E-state index in [1.807, 2.05) is 28.9 Å². The van der Waals surface area contributed by atoms with Crippen molar-refractivity contribution in [2.45, 2.75) is 5.16 Å². The number of nitrogens with one attached hydrogen (secondary N) is 1. The largest absolute Gasteiger partial charge is 0.321 e. The number of hydrogen-bond donors (Lipinski definition) is 1. The average Bonchev–Trinajstić information content (AvgIpc) is 2.74. The zero-order valence-corrected chi connectivity index (χ0v) is 9.92. The number of halogens is 1. The van der Waals surface area contributed by atoms with E-state index in [2.05, 4.69) is 15.6 Å². The highest BCUT2D eigenvalue weighted by molar-refractivity contribution is 7.99. The molecule has 1 aliphatic rings. The van der Waals surface area contributed by atoms with Gasteiger partial charge in [0.05, 0.1) is 0 Å². The number of fused-ring (bicyclic) bond motifs is 1. The van der Waals surface area contributed by atoms with Gasteiger partial charge in [-0.1, -0.05) is 23.4 Å². The van der Waals surface area contributed by atoms with E-state index >= 15 is 0 Å². The summed E-state index contributed by atoms with van der Waals surface area (Å²) in [5.74, 6) is 1.86. The van der Waals surface area contributed by atoms with Crippen LogP contribution in [0.25, 0.3) is 11.4 Å². The second kappa shape index (κ2) is 3.99. The van der Waals surface area contributed by atoms with E-state index < -0.39 is 0 Å². The Balaban J connectivity index is 2.06. The van der Waals surface area contributed by atoms with Crippen molar-refractivity contribution in [3.8, 4) is 11.4 Å². The number of benzene rings is 1. The SMILES string of the molecule is Clc1ccc(-c2nnc3n2NCCS3)cc1. The lowest BCUT2D eigenvalue weighted by Crippen LogP contribution is -2.23. The molecule has 1 aromatic heterocycles. The fraction of sp³-hybridized carbons (Fsp3) is 0.200. The Labute approximate surface area is 102 Å². The molecule has 0 unspecified atom stereocenters. The highest BCUT2D eigenvalue weighted by atomic mass is 35.5. The number of aromatic nitrogens is 3. The van der Waals surface area contributed by atoms with Crippen LogP contribution in [-0.4, -0.2) is 27.2 Å². The minimum absolute atomic E-state index is 0.726. The highest BCUT2D eigenvalue weighted by Crippen LogP contribution is 2.25. The van der Waals surface area contributed by atoms with Gasteiger partial charge in [-0.15, -0.1) is 10.2 Å². The monoisotopic (exact) mass is 252 g/mol. The Kier molecular flexibility index (Phi) is 2.49. The van der Waals surface area contributed by atoms with Crippen LogP contribution in [0.1, 0.15) is 0 Å². The highest BCUT2D eigenvalue weighted by Gasteiger charge is 2.16. The Hall–Kier alpha value is -1.20. The summed E-state index contributed by atoms with van der Waals surface area (Å²) in [5, 5.41) is 9.96. The van der Waals surface area contributed by atoms with Gasteiger partial charge in [0.1, 0.15) is 0 Å². The Morgan fingerprint density at radius 1 is 1.25 bits per heavy atom. The molecule has 6 heteroatoms. The van der Waals surface area contributed by atoms with Crippen molar-refractivity contribution in [3.05, 3.63) is 29.3 Å². The maximum Gasteiger partial charge on any atom is 0.210 e. The molecule has 1 aliphatic heterocycles. The topological polar surface area (TPSA) is 42.7 Å². The molecule has 2 aromatic rings. The molecule has 4 nitrogen and oxygen atoms in total. The summed E-state index contributed by atoms with van der Waals surface area (Å²) in [7, 11) is 0. The van der Waals surface area contributed by atoms with Crippen molar-refractivity contribution in [2.75, 3.05) is 17.7 Å². The number of hydrogen-bond acceptors (Lipinski definition) is 4. The normalized spacial score (nSPS) is 14.3. The molecule has 1 N–H and O–H groups in total. The average molecular weight is 253 g/mol. The smallest absolute Gasteiger partial charge is 0.210 e. The molecule has 2 heterocycles. The lowest BCUT2D eigenvalue weighted by Gasteiger charge is -2.16. The van der Waals surface area contributed by atoms with Crippen LogP contribution in [0, 0.1) is 0 Å². The Morgan fingerprint density at radius 2 is 2.06 bits per heavy atom. The van der Waals surface area contributed by atoms with Crippen molar-refractivity contribution in [1.82, 2.24) is 14.9 Å². The molecule has 82 valence electrons. The van der Waals surface area contributed by atoms with Gasteiger partial charge in [-0.25, -0.2) is 4.68 Å². The van der Waals surface area contributed by atoms with Crippen molar-refractivity contribution in [3.63, 3.8) is 0 Å². The maximum atomic E-state index is 5.85. The zero-order chi connectivity index (χ0) is 11.0. The fourth-order valence-electron chi connectivity index (χ4n) is 1.59. The van der Waals surface area contributed by atoms with E-state index in [4.69, 9.17) is 11.6 Å². The molecular weight excluding hydrogens is 244 g/mol. The standard InChI is InChI=1S/C10H9ClN4S/c11-8-3-1-7(2-4-8)9-13-14-10-15(9)12-5-6-16-10/h1-4,12H,5-6H2. The third-order valence-electron chi connectivity index (χ3n) is 2.34. The van der Waals surface area contributed by atoms with Crippen LogP contribution < -0.4 is 5.43 Å². The van der Waals surface area contributed by atoms with E-state index in [0.29, 0.717) is 0 Å². The molecule has 0 aliphatic carbocycles. The lowest BCUT2D eigenvalue weighted by atomic mass is 10.2. The van der Waals surface area contributed by atoms with Crippen LogP contribution in [0.2, 0.25) is 5.02 Å². The van der Waals surface area contributed by atoms with Gasteiger partial charge in [0.15, 0.2) is 5.82 Å². The molecule has 0 radical (unpaired) electrons. The van der Waals surface area contributed by atoms with Crippen LogP contribution in [0.5, 0.6) is 0 Å². The van der Waals surface area contributed by atoms with Gasteiger partial charge < -0.3 is 5.43 Å². The number of nitrogens with zero attached hydrogens (tertiary/aromatic N) is 3. The molecule has 1 aromatic carbocycles. The third-order valence-corrected chi connectivity index (χ3v) is 3.52. The molecule has 0 fully saturated rings. The first-order chi connectivity index (χ1) is 7.84. The number of rotatable bonds is 1. The summed E-state index contributed by atoms with van der Waals surface area (Å²) in [5.41, 5.74) is 4.27. The molecular formula is C10H9ClN4S. The summed E-state index contributed by atoms with van der Waals surface area (Å²) in [6, 6.07) is 7.60. The van der Waals surface area contributed by atoms with Crippen LogP contribution in [0.3, 0.4) is 0 Å². The van der Waals surface area contributed by atoms with Crippen LogP contribution >= 0.6 is 23.4 Å². The predicted octanol–water partition coefficient (Wildman–Crippen LogP) is 2.25. The molecule has 3 rings (SSSR count). The second-order valence-electron chi connectivity index (χ2n) is 3.41. The van der Waals surface area contributed by atoms with Gasteiger partial charge in [-0.05, 0) is 24.3 Å². The zero-order valence-electron chi connectivity index (χ0n) is 8.35. The summed E-state index contributed by atoms with van der Waals surface area (Å²) < 4.78 is 1.93. The van der Waals surface area contributed by atoms with Gasteiger partial charge in [0.25, 0.3) is 0 Å². The van der Waals surface area contributed by atoms with E-state index in [1.54, 1.807) is 11.8 Å². The summed E-state index contributed by atoms with van der Waals surface area (Å²) in [4.78, 5) is 0. The third kappa shape index (κ3) is 1.66. The lowest BCUT2D eigenvalue weighted by molar-refractivity contribution is 0.755. The van der Waals surface area contributed by atoms with Gasteiger partial charge >= 0.3 is 0 Å². The van der Waals surface area contributed by atoms with E-state index in [9.17, 15) is 0 Å². The summed E-state index contributed by atoms with van der Waals surface area (Å²) >= 11 is 7.56. The fourth-order valence-corrected chi connectivity index (χ4v) is 2.47. The van der Waals surface area contributed by atoms with E-state index in [0.717, 1.165) is 33.9 Å². The second-order valence-corrected chi connectivity index (χ2v) is 4.90. The molecule has 0 saturated carbocycles. The molecule has 16 heavy (non-hydrogen) atoms. The summed E-state index contributed by atoms with van der Waals surface area (Å²) in [6.07, 6.45) is 0. The number of thioether (sulfide) groups is 1. The van der Waals surface area contributed by atoms with Crippen LogP contribution in [-0.2, 0) is 0 Å². The van der Waals surface area contributed by atoms with Crippen molar-refractivity contribution in [1.29, 1.82) is 0 Å². The predicted molar refractivity (Wildman–Crippen MR) is 65.4 cm³/mol. The van der Waals surface area contributed by atoms with Gasteiger partial charge in [-0.3, -0.25) is 0 Å². The molecule has 0 spiro atoms. The van der Waals surface area contributed by atoms with Crippen molar-refractivity contribution >= 4 is 23.4 Å². The first kappa shape index (κ1) is 9.99. The molecule has 0 bridgehead atoms. The maximum absolute atomic E-state index is 5.85. The van der Waals surface area contributed by atoms with E-state index in [1.165, 1.54) is 0 Å². The quantitative estimate of drug-likeness (QED) is 0.845. The molecule has 0 saturated heterocycles. The molecule has 0 amide bonds.